The topological polar surface area (TPSA) is 4.93 Å². The molecule has 1 nitrogen and oxygen atoms in total. The average Bonchev–Trinajstić information content (AvgIpc) is 3.77. The Morgan fingerprint density at radius 3 is 2.11 bits per heavy atom. The highest BCUT2D eigenvalue weighted by molar-refractivity contribution is 7.27. The minimum Gasteiger partial charge on any atom is -0.308 e. The summed E-state index contributed by atoms with van der Waals surface area (Å²) in [7, 11) is 0. The van der Waals surface area contributed by atoms with Crippen LogP contribution in [0.5, 0.6) is 0 Å². The molecule has 3 aromatic heterocycles. The van der Waals surface area contributed by atoms with Gasteiger partial charge in [-0.15, -0.1) is 22.7 Å². The van der Waals surface area contributed by atoms with E-state index in [0.29, 0.717) is 0 Å². The number of para-hydroxylation sites is 2. The van der Waals surface area contributed by atoms with E-state index < -0.39 is 0 Å². The van der Waals surface area contributed by atoms with Crippen LogP contribution in [0.4, 0.5) is 0 Å². The van der Waals surface area contributed by atoms with Crippen LogP contribution in [0.1, 0.15) is 0 Å². The zero-order valence-corrected chi connectivity index (χ0v) is 25.8. The standard InChI is InChI=1S/C42H25NS2/c1-2-13-30(14-3-1)43-36-18-7-6-16-33(36)42-40(43)35-25-28(21-23-37(35)44-42)27-11-8-12-29(24-27)31-17-9-19-38-39(31)34-22-20-26-10-4-5-15-32(26)41(34)45-38/h1-25H. The summed E-state index contributed by atoms with van der Waals surface area (Å²) >= 11 is 3.80. The molecule has 3 heterocycles. The van der Waals surface area contributed by atoms with E-state index in [-0.39, 0.29) is 0 Å². The van der Waals surface area contributed by atoms with E-state index >= 15 is 0 Å². The van der Waals surface area contributed by atoms with Crippen LogP contribution in [-0.2, 0) is 0 Å². The van der Waals surface area contributed by atoms with Crippen LogP contribution in [0.15, 0.2) is 152 Å². The van der Waals surface area contributed by atoms with Crippen molar-refractivity contribution in [1.82, 2.24) is 4.57 Å². The highest BCUT2D eigenvalue weighted by Gasteiger charge is 2.18. The lowest BCUT2D eigenvalue weighted by molar-refractivity contribution is 1.19. The summed E-state index contributed by atoms with van der Waals surface area (Å²) in [6, 6.07) is 55.7. The predicted octanol–water partition coefficient (Wildman–Crippen LogP) is 12.9. The highest BCUT2D eigenvalue weighted by atomic mass is 32.1. The molecule has 0 aliphatic carbocycles. The summed E-state index contributed by atoms with van der Waals surface area (Å²) in [5, 5.41) is 7.93. The Morgan fingerprint density at radius 1 is 0.422 bits per heavy atom. The molecule has 0 aliphatic rings. The maximum absolute atomic E-state index is 2.44. The molecule has 10 rings (SSSR count). The predicted molar refractivity (Wildman–Crippen MR) is 197 cm³/mol. The van der Waals surface area contributed by atoms with Crippen LogP contribution in [0, 0.1) is 0 Å². The Balaban J connectivity index is 1.18. The lowest BCUT2D eigenvalue weighted by atomic mass is 9.95. The van der Waals surface area contributed by atoms with Gasteiger partial charge in [0.15, 0.2) is 0 Å². The molecule has 0 spiro atoms. The maximum Gasteiger partial charge on any atom is 0.0727 e. The van der Waals surface area contributed by atoms with Crippen molar-refractivity contribution in [3.63, 3.8) is 0 Å². The molecule has 0 saturated carbocycles. The quantitative estimate of drug-likeness (QED) is 0.188. The zero-order valence-electron chi connectivity index (χ0n) is 24.2. The van der Waals surface area contributed by atoms with Crippen molar-refractivity contribution >= 4 is 84.8 Å². The molecular formula is C42H25NS2. The van der Waals surface area contributed by atoms with E-state index in [4.69, 9.17) is 0 Å². The summed E-state index contributed by atoms with van der Waals surface area (Å²) < 4.78 is 7.80. The van der Waals surface area contributed by atoms with Crippen molar-refractivity contribution in [3.05, 3.63) is 152 Å². The maximum atomic E-state index is 2.44. The molecule has 0 atom stereocenters. The fourth-order valence-corrected chi connectivity index (χ4v) is 9.62. The molecule has 0 aliphatic heterocycles. The van der Waals surface area contributed by atoms with Crippen LogP contribution < -0.4 is 0 Å². The number of fused-ring (bicyclic) bond motifs is 10. The number of hydrogen-bond acceptors (Lipinski definition) is 2. The van der Waals surface area contributed by atoms with E-state index in [1.807, 2.05) is 22.7 Å². The van der Waals surface area contributed by atoms with E-state index in [0.717, 1.165) is 0 Å². The molecule has 0 N–H and O–H groups in total. The Hall–Kier alpha value is -5.22. The van der Waals surface area contributed by atoms with Crippen LogP contribution in [0.2, 0.25) is 0 Å². The number of nitrogens with zero attached hydrogens (tertiary/aromatic N) is 1. The first kappa shape index (κ1) is 25.1. The molecule has 0 amide bonds. The monoisotopic (exact) mass is 607 g/mol. The zero-order chi connectivity index (χ0) is 29.5. The first-order chi connectivity index (χ1) is 22.3. The Bertz CT molecular complexity index is 2760. The van der Waals surface area contributed by atoms with Gasteiger partial charge in [-0.05, 0) is 75.5 Å². The van der Waals surface area contributed by atoms with Gasteiger partial charge in [-0.3, -0.25) is 0 Å². The van der Waals surface area contributed by atoms with E-state index in [2.05, 4.69) is 156 Å². The van der Waals surface area contributed by atoms with Crippen molar-refractivity contribution in [2.24, 2.45) is 0 Å². The Kier molecular flexibility index (Phi) is 5.39. The third-order valence-corrected chi connectivity index (χ3v) is 11.6. The van der Waals surface area contributed by atoms with Gasteiger partial charge in [0.1, 0.15) is 0 Å². The van der Waals surface area contributed by atoms with Crippen LogP contribution in [0.25, 0.3) is 90.1 Å². The molecule has 0 bridgehead atoms. The minimum absolute atomic E-state index is 1.19. The largest absolute Gasteiger partial charge is 0.308 e. The fraction of sp³-hybridized carbons (Fsp3) is 0. The summed E-state index contributed by atoms with van der Waals surface area (Å²) in [6.07, 6.45) is 0. The van der Waals surface area contributed by atoms with E-state index in [1.54, 1.807) is 0 Å². The fourth-order valence-electron chi connectivity index (χ4n) is 7.16. The van der Waals surface area contributed by atoms with Crippen LogP contribution in [-0.4, -0.2) is 4.57 Å². The van der Waals surface area contributed by atoms with Gasteiger partial charge in [0.25, 0.3) is 0 Å². The molecule has 210 valence electrons. The molecule has 3 heteroatoms. The third kappa shape index (κ3) is 3.72. The molecule has 45 heavy (non-hydrogen) atoms. The highest BCUT2D eigenvalue weighted by Crippen LogP contribution is 2.45. The van der Waals surface area contributed by atoms with Crippen LogP contribution in [0.3, 0.4) is 0 Å². The molecular weight excluding hydrogens is 583 g/mol. The molecule has 0 fully saturated rings. The number of aromatic nitrogens is 1. The van der Waals surface area contributed by atoms with Gasteiger partial charge in [-0.1, -0.05) is 109 Å². The van der Waals surface area contributed by atoms with Crippen molar-refractivity contribution in [1.29, 1.82) is 0 Å². The van der Waals surface area contributed by atoms with E-state index in [9.17, 15) is 0 Å². The first-order valence-corrected chi connectivity index (χ1v) is 16.9. The molecule has 0 saturated heterocycles. The smallest absolute Gasteiger partial charge is 0.0727 e. The van der Waals surface area contributed by atoms with E-state index in [1.165, 1.54) is 90.1 Å². The normalized spacial score (nSPS) is 12.0. The van der Waals surface area contributed by atoms with Gasteiger partial charge in [0, 0.05) is 41.3 Å². The van der Waals surface area contributed by atoms with Crippen molar-refractivity contribution in [3.8, 4) is 27.9 Å². The summed E-state index contributed by atoms with van der Waals surface area (Å²) in [6.45, 7) is 0. The number of thiophene rings is 2. The molecule has 7 aromatic carbocycles. The molecule has 10 aromatic rings. The third-order valence-electron chi connectivity index (χ3n) is 9.18. The van der Waals surface area contributed by atoms with Gasteiger partial charge in [-0.2, -0.15) is 0 Å². The number of rotatable bonds is 3. The minimum atomic E-state index is 1.19. The van der Waals surface area contributed by atoms with Crippen LogP contribution >= 0.6 is 22.7 Å². The summed E-state index contributed by atoms with van der Waals surface area (Å²) in [5.74, 6) is 0. The van der Waals surface area contributed by atoms with Crippen molar-refractivity contribution in [2.45, 2.75) is 0 Å². The SMILES string of the molecule is c1ccc(-n2c3ccccc3c3sc4ccc(-c5cccc(-c6cccc7sc8c9ccccc9ccc8c67)c5)cc4c32)cc1. The van der Waals surface area contributed by atoms with Crippen molar-refractivity contribution in [2.75, 3.05) is 0 Å². The second-order valence-electron chi connectivity index (χ2n) is 11.7. The van der Waals surface area contributed by atoms with Gasteiger partial charge in [0.2, 0.25) is 0 Å². The number of hydrogen-bond donors (Lipinski definition) is 0. The second kappa shape index (κ2) is 9.64. The lowest BCUT2D eigenvalue weighted by Gasteiger charge is -2.10. The molecule has 0 unspecified atom stereocenters. The van der Waals surface area contributed by atoms with Crippen molar-refractivity contribution < 1.29 is 0 Å². The summed E-state index contributed by atoms with van der Waals surface area (Å²) in [5.41, 5.74) is 8.75. The van der Waals surface area contributed by atoms with Gasteiger partial charge < -0.3 is 4.57 Å². The lowest BCUT2D eigenvalue weighted by Crippen LogP contribution is -1.92. The second-order valence-corrected chi connectivity index (χ2v) is 13.8. The van der Waals surface area contributed by atoms with Gasteiger partial charge in [-0.25, -0.2) is 0 Å². The first-order valence-electron chi connectivity index (χ1n) is 15.3. The Labute approximate surface area is 267 Å². The van der Waals surface area contributed by atoms with Gasteiger partial charge in [0.05, 0.1) is 15.7 Å². The Morgan fingerprint density at radius 2 is 1.18 bits per heavy atom. The number of benzene rings is 7. The summed E-state index contributed by atoms with van der Waals surface area (Å²) in [4.78, 5) is 0. The van der Waals surface area contributed by atoms with Gasteiger partial charge >= 0.3 is 0 Å². The molecule has 0 radical (unpaired) electrons. The average molecular weight is 608 g/mol.